The number of methoxy groups -OCH3 is 2. The summed E-state index contributed by atoms with van der Waals surface area (Å²) in [6.45, 7) is 1.14. The highest BCUT2D eigenvalue weighted by molar-refractivity contribution is 5.91. The van der Waals surface area contributed by atoms with Crippen molar-refractivity contribution in [1.82, 2.24) is 15.1 Å². The van der Waals surface area contributed by atoms with Crippen LogP contribution >= 0.6 is 0 Å². The van der Waals surface area contributed by atoms with E-state index in [1.165, 1.54) is 16.8 Å². The van der Waals surface area contributed by atoms with Gasteiger partial charge in [0, 0.05) is 19.7 Å². The van der Waals surface area contributed by atoms with Crippen LogP contribution in [0.2, 0.25) is 0 Å². The van der Waals surface area contributed by atoms with Crippen molar-refractivity contribution >= 4 is 5.91 Å². The zero-order valence-electron chi connectivity index (χ0n) is 13.8. The summed E-state index contributed by atoms with van der Waals surface area (Å²) in [5, 5.41) is 6.85. The molecule has 0 aliphatic heterocycles. The van der Waals surface area contributed by atoms with Gasteiger partial charge in [-0.3, -0.25) is 9.59 Å². The van der Waals surface area contributed by atoms with Gasteiger partial charge in [0.25, 0.3) is 11.5 Å². The van der Waals surface area contributed by atoms with Crippen LogP contribution in [-0.2, 0) is 17.7 Å². The lowest BCUT2D eigenvalue weighted by Gasteiger charge is -2.08. The number of carbonyl (C=O) groups is 1. The maximum absolute atomic E-state index is 12.1. The lowest BCUT2D eigenvalue weighted by Crippen LogP contribution is -2.31. The summed E-state index contributed by atoms with van der Waals surface area (Å²) in [5.74, 6) is 0.486. The SMILES string of the molecule is COCCn1nc(C(=O)NCCc2ccc(OC)cc2)ccc1=O. The zero-order valence-corrected chi connectivity index (χ0v) is 13.8. The van der Waals surface area contributed by atoms with Crippen molar-refractivity contribution in [3.8, 4) is 5.75 Å². The highest BCUT2D eigenvalue weighted by Crippen LogP contribution is 2.11. The smallest absolute Gasteiger partial charge is 0.271 e. The molecule has 2 rings (SSSR count). The van der Waals surface area contributed by atoms with E-state index in [9.17, 15) is 9.59 Å². The molecule has 0 spiro atoms. The van der Waals surface area contributed by atoms with Gasteiger partial charge >= 0.3 is 0 Å². The van der Waals surface area contributed by atoms with Crippen LogP contribution in [0.3, 0.4) is 0 Å². The molecule has 0 aliphatic rings. The minimum absolute atomic E-state index is 0.209. The van der Waals surface area contributed by atoms with Gasteiger partial charge in [-0.2, -0.15) is 5.10 Å². The lowest BCUT2D eigenvalue weighted by molar-refractivity contribution is 0.0945. The number of ether oxygens (including phenoxy) is 2. The molecule has 0 saturated heterocycles. The second kappa shape index (κ2) is 8.83. The predicted molar refractivity (Wildman–Crippen MR) is 89.4 cm³/mol. The summed E-state index contributed by atoms with van der Waals surface area (Å²) in [4.78, 5) is 23.8. The number of amides is 1. The first-order valence-electron chi connectivity index (χ1n) is 7.62. The maximum atomic E-state index is 12.1. The number of aromatic nitrogens is 2. The Bertz CT molecular complexity index is 725. The molecule has 0 saturated carbocycles. The minimum Gasteiger partial charge on any atom is -0.497 e. The Morgan fingerprint density at radius 3 is 2.58 bits per heavy atom. The van der Waals surface area contributed by atoms with Crippen LogP contribution in [0, 0.1) is 0 Å². The molecule has 7 heteroatoms. The van der Waals surface area contributed by atoms with Crippen LogP contribution in [0.25, 0.3) is 0 Å². The van der Waals surface area contributed by atoms with E-state index < -0.39 is 0 Å². The van der Waals surface area contributed by atoms with Gasteiger partial charge in [0.1, 0.15) is 11.4 Å². The largest absolute Gasteiger partial charge is 0.497 e. The van der Waals surface area contributed by atoms with E-state index in [0.29, 0.717) is 26.1 Å². The summed E-state index contributed by atoms with van der Waals surface area (Å²) < 4.78 is 11.3. The lowest BCUT2D eigenvalue weighted by atomic mass is 10.1. The molecule has 1 aromatic heterocycles. The van der Waals surface area contributed by atoms with Crippen molar-refractivity contribution < 1.29 is 14.3 Å². The molecule has 24 heavy (non-hydrogen) atoms. The van der Waals surface area contributed by atoms with Crippen molar-refractivity contribution in [1.29, 1.82) is 0 Å². The summed E-state index contributed by atoms with van der Waals surface area (Å²) in [6, 6.07) is 10.4. The van der Waals surface area contributed by atoms with Gasteiger partial charge < -0.3 is 14.8 Å². The Morgan fingerprint density at radius 1 is 1.17 bits per heavy atom. The molecule has 1 amide bonds. The average molecular weight is 331 g/mol. The number of rotatable bonds is 8. The fourth-order valence-corrected chi connectivity index (χ4v) is 2.11. The molecule has 0 unspecified atom stereocenters. The Morgan fingerprint density at radius 2 is 1.92 bits per heavy atom. The summed E-state index contributed by atoms with van der Waals surface area (Å²) in [5.41, 5.74) is 1.04. The van der Waals surface area contributed by atoms with Crippen molar-refractivity contribution in [2.45, 2.75) is 13.0 Å². The molecule has 0 atom stereocenters. The quantitative estimate of drug-likeness (QED) is 0.776. The van der Waals surface area contributed by atoms with Crippen LogP contribution < -0.4 is 15.6 Å². The summed E-state index contributed by atoms with van der Waals surface area (Å²) in [7, 11) is 3.16. The Kier molecular flexibility index (Phi) is 6.51. The van der Waals surface area contributed by atoms with Crippen LogP contribution in [-0.4, -0.2) is 43.1 Å². The zero-order chi connectivity index (χ0) is 17.4. The monoisotopic (exact) mass is 331 g/mol. The number of nitrogens with zero attached hydrogens (tertiary/aromatic N) is 2. The second-order valence-corrected chi connectivity index (χ2v) is 5.13. The number of benzene rings is 1. The molecule has 1 aromatic carbocycles. The molecule has 0 radical (unpaired) electrons. The first kappa shape index (κ1) is 17.7. The molecule has 1 N–H and O–H groups in total. The molecular weight excluding hydrogens is 310 g/mol. The van der Waals surface area contributed by atoms with Gasteiger partial charge in [-0.15, -0.1) is 0 Å². The summed E-state index contributed by atoms with van der Waals surface area (Å²) in [6.07, 6.45) is 0.694. The average Bonchev–Trinajstić information content (AvgIpc) is 2.61. The van der Waals surface area contributed by atoms with Gasteiger partial charge in [-0.1, -0.05) is 12.1 Å². The van der Waals surface area contributed by atoms with Crippen LogP contribution in [0.15, 0.2) is 41.2 Å². The van der Waals surface area contributed by atoms with Gasteiger partial charge in [0.15, 0.2) is 0 Å². The molecule has 2 aromatic rings. The molecule has 128 valence electrons. The van der Waals surface area contributed by atoms with E-state index >= 15 is 0 Å². The van der Waals surface area contributed by atoms with Gasteiger partial charge in [0.2, 0.25) is 0 Å². The number of hydrogen-bond donors (Lipinski definition) is 1. The molecule has 7 nitrogen and oxygen atoms in total. The third kappa shape index (κ3) is 4.92. The van der Waals surface area contributed by atoms with E-state index in [4.69, 9.17) is 9.47 Å². The Balaban J connectivity index is 1.90. The maximum Gasteiger partial charge on any atom is 0.271 e. The van der Waals surface area contributed by atoms with E-state index in [-0.39, 0.29) is 17.2 Å². The van der Waals surface area contributed by atoms with Crippen molar-refractivity contribution in [3.05, 3.63) is 58.0 Å². The minimum atomic E-state index is -0.310. The molecule has 0 fully saturated rings. The number of nitrogens with one attached hydrogen (secondary N) is 1. The van der Waals surface area contributed by atoms with Crippen molar-refractivity contribution in [2.24, 2.45) is 0 Å². The fraction of sp³-hybridized carbons (Fsp3) is 0.353. The Labute approximate surface area is 140 Å². The van der Waals surface area contributed by atoms with Gasteiger partial charge in [-0.05, 0) is 30.2 Å². The second-order valence-electron chi connectivity index (χ2n) is 5.13. The molecule has 1 heterocycles. The van der Waals surface area contributed by atoms with Crippen molar-refractivity contribution in [2.75, 3.05) is 27.4 Å². The first-order valence-corrected chi connectivity index (χ1v) is 7.62. The third-order valence-corrected chi connectivity index (χ3v) is 3.46. The van der Waals surface area contributed by atoms with Gasteiger partial charge in [-0.25, -0.2) is 4.68 Å². The normalized spacial score (nSPS) is 10.4. The fourth-order valence-electron chi connectivity index (χ4n) is 2.11. The van der Waals surface area contributed by atoms with Crippen LogP contribution in [0.5, 0.6) is 5.75 Å². The number of carbonyl (C=O) groups excluding carboxylic acids is 1. The third-order valence-electron chi connectivity index (χ3n) is 3.46. The van der Waals surface area contributed by atoms with E-state index in [0.717, 1.165) is 11.3 Å². The standard InChI is InChI=1S/C17H21N3O4/c1-23-12-11-20-16(21)8-7-15(19-20)17(22)18-10-9-13-3-5-14(24-2)6-4-13/h3-8H,9-12H2,1-2H3,(H,18,22). The molecular formula is C17H21N3O4. The first-order chi connectivity index (χ1) is 11.6. The Hall–Kier alpha value is -2.67. The van der Waals surface area contributed by atoms with Crippen molar-refractivity contribution in [3.63, 3.8) is 0 Å². The highest BCUT2D eigenvalue weighted by Gasteiger charge is 2.09. The highest BCUT2D eigenvalue weighted by atomic mass is 16.5. The topological polar surface area (TPSA) is 82.5 Å². The van der Waals surface area contributed by atoms with Crippen LogP contribution in [0.4, 0.5) is 0 Å². The van der Waals surface area contributed by atoms with Crippen LogP contribution in [0.1, 0.15) is 16.1 Å². The number of hydrogen-bond acceptors (Lipinski definition) is 5. The summed E-state index contributed by atoms with van der Waals surface area (Å²) >= 11 is 0. The van der Waals surface area contributed by atoms with E-state index in [1.807, 2.05) is 24.3 Å². The molecule has 0 aliphatic carbocycles. The van der Waals surface area contributed by atoms with Gasteiger partial charge in [0.05, 0.1) is 20.3 Å². The predicted octanol–water partition coefficient (Wildman–Crippen LogP) is 0.871. The van der Waals surface area contributed by atoms with E-state index in [2.05, 4.69) is 10.4 Å². The molecule has 0 bridgehead atoms. The van der Waals surface area contributed by atoms with E-state index in [1.54, 1.807) is 14.2 Å².